The van der Waals surface area contributed by atoms with E-state index in [1.807, 2.05) is 12.1 Å². The van der Waals surface area contributed by atoms with Crippen molar-refractivity contribution in [3.8, 4) is 5.75 Å². The first-order valence-electron chi connectivity index (χ1n) is 6.10. The molecule has 1 unspecified atom stereocenters. The largest absolute Gasteiger partial charge is 0.496 e. The molecule has 0 spiro atoms. The van der Waals surface area contributed by atoms with Crippen LogP contribution >= 0.6 is 0 Å². The van der Waals surface area contributed by atoms with E-state index in [9.17, 15) is 0 Å². The Morgan fingerprint density at radius 1 is 1.37 bits per heavy atom. The van der Waals surface area contributed by atoms with E-state index < -0.39 is 0 Å². The molecule has 2 rings (SSSR count). The first-order chi connectivity index (χ1) is 9.24. The predicted molar refractivity (Wildman–Crippen MR) is 73.5 cm³/mol. The molecule has 5 heteroatoms. The zero-order valence-corrected chi connectivity index (χ0v) is 11.1. The van der Waals surface area contributed by atoms with Crippen molar-refractivity contribution in [2.45, 2.75) is 19.4 Å². The lowest BCUT2D eigenvalue weighted by atomic mass is 10.0. The molecule has 100 valence electrons. The van der Waals surface area contributed by atoms with Crippen LogP contribution in [0.15, 0.2) is 36.8 Å². The van der Waals surface area contributed by atoms with Gasteiger partial charge in [-0.2, -0.15) is 0 Å². The fourth-order valence-electron chi connectivity index (χ4n) is 2.03. The fraction of sp³-hybridized carbons (Fsp3) is 0.286. The summed E-state index contributed by atoms with van der Waals surface area (Å²) < 4.78 is 5.38. The van der Waals surface area contributed by atoms with E-state index in [-0.39, 0.29) is 6.04 Å². The number of hydrogen-bond acceptors (Lipinski definition) is 5. The zero-order valence-electron chi connectivity index (χ0n) is 11.1. The Hall–Kier alpha value is -1.98. The van der Waals surface area contributed by atoms with Crippen LogP contribution in [0.5, 0.6) is 5.75 Å². The molecule has 0 saturated heterocycles. The topological polar surface area (TPSA) is 73.1 Å². The van der Waals surface area contributed by atoms with E-state index >= 15 is 0 Å². The number of nitrogens with zero attached hydrogens (tertiary/aromatic N) is 2. The standard InChI is InChI=1S/C14H18N4O/c1-10-3-4-14(19-2)11(7-10)8-12(18-15)13-9-16-5-6-17-13/h3-7,9,12,18H,8,15H2,1-2H3. The average Bonchev–Trinajstić information content (AvgIpc) is 2.46. The van der Waals surface area contributed by atoms with Gasteiger partial charge in [-0.05, 0) is 25.0 Å². The first kappa shape index (κ1) is 13.5. The van der Waals surface area contributed by atoms with Gasteiger partial charge >= 0.3 is 0 Å². The van der Waals surface area contributed by atoms with Gasteiger partial charge in [0.05, 0.1) is 25.0 Å². The van der Waals surface area contributed by atoms with E-state index in [0.29, 0.717) is 6.42 Å². The molecular formula is C14H18N4O. The molecule has 0 saturated carbocycles. The van der Waals surface area contributed by atoms with Crippen molar-refractivity contribution in [3.05, 3.63) is 53.6 Å². The second-order valence-electron chi connectivity index (χ2n) is 4.37. The van der Waals surface area contributed by atoms with E-state index in [1.54, 1.807) is 25.7 Å². The van der Waals surface area contributed by atoms with E-state index in [2.05, 4.69) is 28.4 Å². The van der Waals surface area contributed by atoms with E-state index in [0.717, 1.165) is 17.0 Å². The maximum Gasteiger partial charge on any atom is 0.122 e. The summed E-state index contributed by atoms with van der Waals surface area (Å²) in [7, 11) is 1.67. The molecule has 2 aromatic rings. The van der Waals surface area contributed by atoms with Gasteiger partial charge in [0, 0.05) is 12.4 Å². The molecule has 1 atom stereocenters. The van der Waals surface area contributed by atoms with Gasteiger partial charge in [-0.15, -0.1) is 0 Å². The summed E-state index contributed by atoms with van der Waals surface area (Å²) in [5.74, 6) is 6.48. The molecule has 0 aliphatic heterocycles. The van der Waals surface area contributed by atoms with Gasteiger partial charge in [-0.1, -0.05) is 17.7 Å². The summed E-state index contributed by atoms with van der Waals surface area (Å²) in [4.78, 5) is 8.34. The van der Waals surface area contributed by atoms with Crippen molar-refractivity contribution < 1.29 is 4.74 Å². The molecule has 1 heterocycles. The highest BCUT2D eigenvalue weighted by Crippen LogP contribution is 2.24. The summed E-state index contributed by atoms with van der Waals surface area (Å²) >= 11 is 0. The molecule has 1 aromatic carbocycles. The fourth-order valence-corrected chi connectivity index (χ4v) is 2.03. The summed E-state index contributed by atoms with van der Waals surface area (Å²) in [6.07, 6.45) is 5.71. The Balaban J connectivity index is 2.26. The summed E-state index contributed by atoms with van der Waals surface area (Å²) in [6, 6.07) is 5.99. The SMILES string of the molecule is COc1ccc(C)cc1CC(NN)c1cnccn1. The predicted octanol–water partition coefficient (Wildman–Crippen LogP) is 1.54. The first-order valence-corrected chi connectivity index (χ1v) is 6.10. The highest BCUT2D eigenvalue weighted by Gasteiger charge is 2.15. The Bertz CT molecular complexity index is 530. The number of nitrogens with two attached hydrogens (primary N) is 1. The maximum absolute atomic E-state index is 5.62. The molecular weight excluding hydrogens is 240 g/mol. The number of ether oxygens (including phenoxy) is 1. The lowest BCUT2D eigenvalue weighted by molar-refractivity contribution is 0.405. The van der Waals surface area contributed by atoms with Gasteiger partial charge in [-0.3, -0.25) is 21.2 Å². The van der Waals surface area contributed by atoms with Crippen molar-refractivity contribution >= 4 is 0 Å². The Labute approximate surface area is 112 Å². The highest BCUT2D eigenvalue weighted by atomic mass is 16.5. The van der Waals surface area contributed by atoms with Gasteiger partial charge in [0.2, 0.25) is 0 Å². The molecule has 0 fully saturated rings. The Morgan fingerprint density at radius 2 is 2.21 bits per heavy atom. The van der Waals surface area contributed by atoms with E-state index in [4.69, 9.17) is 10.6 Å². The molecule has 19 heavy (non-hydrogen) atoms. The quantitative estimate of drug-likeness (QED) is 0.628. The van der Waals surface area contributed by atoms with Crippen LogP contribution in [0, 0.1) is 6.92 Å². The number of methoxy groups -OCH3 is 1. The monoisotopic (exact) mass is 258 g/mol. The van der Waals surface area contributed by atoms with Crippen LogP contribution in [0.4, 0.5) is 0 Å². The van der Waals surface area contributed by atoms with Crippen LogP contribution in [0.25, 0.3) is 0 Å². The molecule has 0 aliphatic carbocycles. The van der Waals surface area contributed by atoms with Crippen molar-refractivity contribution in [1.82, 2.24) is 15.4 Å². The van der Waals surface area contributed by atoms with Crippen molar-refractivity contribution in [1.29, 1.82) is 0 Å². The van der Waals surface area contributed by atoms with Crippen LogP contribution in [0.3, 0.4) is 0 Å². The average molecular weight is 258 g/mol. The molecule has 3 N–H and O–H groups in total. The minimum Gasteiger partial charge on any atom is -0.496 e. The highest BCUT2D eigenvalue weighted by molar-refractivity contribution is 5.37. The van der Waals surface area contributed by atoms with Crippen LogP contribution in [0.1, 0.15) is 22.9 Å². The zero-order chi connectivity index (χ0) is 13.7. The summed E-state index contributed by atoms with van der Waals surface area (Å²) in [5, 5.41) is 0. The molecule has 1 aromatic heterocycles. The van der Waals surface area contributed by atoms with Crippen LogP contribution in [-0.4, -0.2) is 17.1 Å². The third-order valence-electron chi connectivity index (χ3n) is 3.00. The summed E-state index contributed by atoms with van der Waals surface area (Å²) in [5.41, 5.74) is 5.87. The minimum atomic E-state index is -0.0931. The lowest BCUT2D eigenvalue weighted by Gasteiger charge is -2.17. The van der Waals surface area contributed by atoms with Crippen LogP contribution in [0.2, 0.25) is 0 Å². The van der Waals surface area contributed by atoms with Crippen molar-refractivity contribution in [2.75, 3.05) is 7.11 Å². The van der Waals surface area contributed by atoms with Gasteiger partial charge in [0.15, 0.2) is 0 Å². The molecule has 5 nitrogen and oxygen atoms in total. The van der Waals surface area contributed by atoms with Gasteiger partial charge < -0.3 is 4.74 Å². The molecule has 0 radical (unpaired) electrons. The van der Waals surface area contributed by atoms with Crippen LogP contribution < -0.4 is 16.0 Å². The van der Waals surface area contributed by atoms with Crippen LogP contribution in [-0.2, 0) is 6.42 Å². The summed E-state index contributed by atoms with van der Waals surface area (Å²) in [6.45, 7) is 2.05. The van der Waals surface area contributed by atoms with Crippen molar-refractivity contribution in [3.63, 3.8) is 0 Å². The van der Waals surface area contributed by atoms with Crippen molar-refractivity contribution in [2.24, 2.45) is 5.84 Å². The maximum atomic E-state index is 5.62. The Kier molecular flexibility index (Phi) is 4.43. The number of aryl methyl sites for hydroxylation is 1. The Morgan fingerprint density at radius 3 is 2.84 bits per heavy atom. The number of hydrogen-bond donors (Lipinski definition) is 2. The van der Waals surface area contributed by atoms with E-state index in [1.165, 1.54) is 5.56 Å². The number of rotatable bonds is 5. The number of aromatic nitrogens is 2. The third-order valence-corrected chi connectivity index (χ3v) is 3.00. The van der Waals surface area contributed by atoms with Gasteiger partial charge in [0.1, 0.15) is 5.75 Å². The van der Waals surface area contributed by atoms with Gasteiger partial charge in [0.25, 0.3) is 0 Å². The van der Waals surface area contributed by atoms with Gasteiger partial charge in [-0.25, -0.2) is 0 Å². The second kappa shape index (κ2) is 6.26. The number of nitrogens with one attached hydrogen (secondary N) is 1. The second-order valence-corrected chi connectivity index (χ2v) is 4.37. The minimum absolute atomic E-state index is 0.0931. The normalized spacial score (nSPS) is 12.2. The molecule has 0 bridgehead atoms. The lowest BCUT2D eigenvalue weighted by Crippen LogP contribution is -2.30. The number of hydrazine groups is 1. The third kappa shape index (κ3) is 3.27. The molecule has 0 aliphatic rings. The number of benzene rings is 1. The molecule has 0 amide bonds. The smallest absolute Gasteiger partial charge is 0.122 e.